The molecule has 1 aliphatic heterocycles. The van der Waals surface area contributed by atoms with Gasteiger partial charge in [0.25, 0.3) is 0 Å². The smallest absolute Gasteiger partial charge is 0.127 e. The molecule has 0 saturated carbocycles. The topological polar surface area (TPSA) is 30.5 Å². The van der Waals surface area contributed by atoms with Crippen LogP contribution in [-0.2, 0) is 0 Å². The maximum Gasteiger partial charge on any atom is 0.127 e. The highest BCUT2D eigenvalue weighted by atomic mass is 16.5. The van der Waals surface area contributed by atoms with Gasteiger partial charge in [0.05, 0.1) is 14.2 Å². The quantitative estimate of drug-likeness (QED) is 0.793. The Hall–Kier alpha value is -1.22. The second-order valence-electron chi connectivity index (χ2n) is 3.40. The molecule has 0 radical (unpaired) electrons. The van der Waals surface area contributed by atoms with E-state index in [1.54, 1.807) is 14.2 Å². The summed E-state index contributed by atoms with van der Waals surface area (Å²) in [5, 5.41) is 3.35. The van der Waals surface area contributed by atoms with E-state index < -0.39 is 0 Å². The van der Waals surface area contributed by atoms with Crippen molar-refractivity contribution in [1.82, 2.24) is 5.32 Å². The minimum atomic E-state index is 0.454. The zero-order chi connectivity index (χ0) is 9.97. The molecular formula is C11H15NO2. The van der Waals surface area contributed by atoms with Crippen LogP contribution in [0.5, 0.6) is 11.5 Å². The van der Waals surface area contributed by atoms with Crippen molar-refractivity contribution in [3.63, 3.8) is 0 Å². The van der Waals surface area contributed by atoms with E-state index in [4.69, 9.17) is 9.47 Å². The molecule has 0 spiro atoms. The lowest BCUT2D eigenvalue weighted by Crippen LogP contribution is -2.35. The number of rotatable bonds is 3. The number of nitrogens with one attached hydrogen (secondary N) is 1. The first kappa shape index (κ1) is 9.34. The molecule has 3 heteroatoms. The van der Waals surface area contributed by atoms with E-state index in [1.165, 1.54) is 12.0 Å². The molecule has 1 fully saturated rings. The van der Waals surface area contributed by atoms with Crippen molar-refractivity contribution in [3.05, 3.63) is 23.8 Å². The standard InChI is InChI=1S/C11H15NO2/c1-13-8-3-4-9(10-5-6-12-10)11(7-8)14-2/h3-4,7,10,12H,5-6H2,1-2H3/t10-/m1/s1. The van der Waals surface area contributed by atoms with Crippen LogP contribution in [0.1, 0.15) is 18.0 Å². The summed E-state index contributed by atoms with van der Waals surface area (Å²) < 4.78 is 10.5. The number of benzene rings is 1. The fraction of sp³-hybridized carbons (Fsp3) is 0.455. The van der Waals surface area contributed by atoms with Gasteiger partial charge in [0, 0.05) is 17.7 Å². The Morgan fingerprint density at radius 3 is 2.57 bits per heavy atom. The predicted molar refractivity (Wildman–Crippen MR) is 54.9 cm³/mol. The predicted octanol–water partition coefficient (Wildman–Crippen LogP) is 1.74. The van der Waals surface area contributed by atoms with E-state index in [2.05, 4.69) is 11.4 Å². The summed E-state index contributed by atoms with van der Waals surface area (Å²) in [5.41, 5.74) is 1.22. The molecule has 0 aliphatic carbocycles. The van der Waals surface area contributed by atoms with Crippen LogP contribution in [0.3, 0.4) is 0 Å². The molecule has 76 valence electrons. The van der Waals surface area contributed by atoms with Crippen molar-refractivity contribution >= 4 is 0 Å². The summed E-state index contributed by atoms with van der Waals surface area (Å²) in [7, 11) is 3.35. The highest BCUT2D eigenvalue weighted by molar-refractivity contribution is 5.43. The van der Waals surface area contributed by atoms with Crippen molar-refractivity contribution in [2.45, 2.75) is 12.5 Å². The summed E-state index contributed by atoms with van der Waals surface area (Å²) >= 11 is 0. The molecule has 1 aliphatic rings. The van der Waals surface area contributed by atoms with Gasteiger partial charge in [-0.15, -0.1) is 0 Å². The van der Waals surface area contributed by atoms with Gasteiger partial charge in [-0.3, -0.25) is 0 Å². The van der Waals surface area contributed by atoms with Gasteiger partial charge in [-0.1, -0.05) is 6.07 Å². The lowest BCUT2D eigenvalue weighted by Gasteiger charge is -2.29. The van der Waals surface area contributed by atoms with Crippen molar-refractivity contribution < 1.29 is 9.47 Å². The molecule has 0 amide bonds. The van der Waals surface area contributed by atoms with Crippen LogP contribution in [0.25, 0.3) is 0 Å². The summed E-state index contributed by atoms with van der Waals surface area (Å²) in [4.78, 5) is 0. The average molecular weight is 193 g/mol. The van der Waals surface area contributed by atoms with E-state index in [1.807, 2.05) is 12.1 Å². The number of hydrogen-bond donors (Lipinski definition) is 1. The van der Waals surface area contributed by atoms with Gasteiger partial charge >= 0.3 is 0 Å². The van der Waals surface area contributed by atoms with Crippen molar-refractivity contribution in [3.8, 4) is 11.5 Å². The van der Waals surface area contributed by atoms with Gasteiger partial charge in [0.15, 0.2) is 0 Å². The molecular weight excluding hydrogens is 178 g/mol. The first-order valence-electron chi connectivity index (χ1n) is 4.80. The Kier molecular flexibility index (Phi) is 2.59. The molecule has 2 rings (SSSR count). The summed E-state index contributed by atoms with van der Waals surface area (Å²) in [6, 6.07) is 6.41. The second-order valence-corrected chi connectivity index (χ2v) is 3.40. The summed E-state index contributed by atoms with van der Waals surface area (Å²) in [5.74, 6) is 1.74. The third kappa shape index (κ3) is 1.55. The fourth-order valence-electron chi connectivity index (χ4n) is 1.66. The van der Waals surface area contributed by atoms with Gasteiger partial charge in [-0.25, -0.2) is 0 Å². The molecule has 14 heavy (non-hydrogen) atoms. The Labute approximate surface area is 84.0 Å². The van der Waals surface area contributed by atoms with Gasteiger partial charge < -0.3 is 14.8 Å². The van der Waals surface area contributed by atoms with Crippen LogP contribution in [0.15, 0.2) is 18.2 Å². The number of hydrogen-bond acceptors (Lipinski definition) is 3. The lowest BCUT2D eigenvalue weighted by atomic mass is 9.97. The van der Waals surface area contributed by atoms with E-state index in [-0.39, 0.29) is 0 Å². The van der Waals surface area contributed by atoms with E-state index in [0.29, 0.717) is 6.04 Å². The van der Waals surface area contributed by atoms with Crippen molar-refractivity contribution in [1.29, 1.82) is 0 Å². The van der Waals surface area contributed by atoms with Crippen LogP contribution in [0.4, 0.5) is 0 Å². The van der Waals surface area contributed by atoms with Crippen LogP contribution >= 0.6 is 0 Å². The van der Waals surface area contributed by atoms with E-state index in [0.717, 1.165) is 18.0 Å². The summed E-state index contributed by atoms with van der Waals surface area (Å²) in [6.07, 6.45) is 1.18. The first-order valence-corrected chi connectivity index (χ1v) is 4.80. The maximum atomic E-state index is 5.32. The molecule has 0 aromatic heterocycles. The van der Waals surface area contributed by atoms with Crippen molar-refractivity contribution in [2.75, 3.05) is 20.8 Å². The number of methoxy groups -OCH3 is 2. The average Bonchev–Trinajstić information content (AvgIpc) is 2.16. The second kappa shape index (κ2) is 3.88. The minimum absolute atomic E-state index is 0.454. The van der Waals surface area contributed by atoms with Crippen LogP contribution in [0.2, 0.25) is 0 Å². The highest BCUT2D eigenvalue weighted by Crippen LogP contribution is 2.33. The molecule has 1 aromatic carbocycles. The Morgan fingerprint density at radius 2 is 2.07 bits per heavy atom. The first-order chi connectivity index (χ1) is 6.85. The van der Waals surface area contributed by atoms with E-state index in [9.17, 15) is 0 Å². The molecule has 1 saturated heterocycles. The zero-order valence-corrected chi connectivity index (χ0v) is 8.54. The molecule has 1 aromatic rings. The third-order valence-corrected chi connectivity index (χ3v) is 2.64. The largest absolute Gasteiger partial charge is 0.497 e. The molecule has 3 nitrogen and oxygen atoms in total. The fourth-order valence-corrected chi connectivity index (χ4v) is 1.66. The van der Waals surface area contributed by atoms with Gasteiger partial charge in [-0.2, -0.15) is 0 Å². The molecule has 1 atom stereocenters. The molecule has 0 bridgehead atoms. The molecule has 0 unspecified atom stereocenters. The zero-order valence-electron chi connectivity index (χ0n) is 8.54. The SMILES string of the molecule is COc1ccc([C@H]2CCN2)c(OC)c1. The minimum Gasteiger partial charge on any atom is -0.497 e. The third-order valence-electron chi connectivity index (χ3n) is 2.64. The Morgan fingerprint density at radius 1 is 1.29 bits per heavy atom. The van der Waals surface area contributed by atoms with Crippen LogP contribution < -0.4 is 14.8 Å². The van der Waals surface area contributed by atoms with Gasteiger partial charge in [0.2, 0.25) is 0 Å². The van der Waals surface area contributed by atoms with E-state index >= 15 is 0 Å². The van der Waals surface area contributed by atoms with Gasteiger partial charge in [0.1, 0.15) is 11.5 Å². The molecule has 1 N–H and O–H groups in total. The van der Waals surface area contributed by atoms with Crippen molar-refractivity contribution in [2.24, 2.45) is 0 Å². The lowest BCUT2D eigenvalue weighted by molar-refractivity contribution is 0.349. The Balaban J connectivity index is 2.29. The van der Waals surface area contributed by atoms with Gasteiger partial charge in [-0.05, 0) is 19.0 Å². The monoisotopic (exact) mass is 193 g/mol. The summed E-state index contributed by atoms with van der Waals surface area (Å²) in [6.45, 7) is 1.10. The van der Waals surface area contributed by atoms with Crippen LogP contribution in [-0.4, -0.2) is 20.8 Å². The Bertz CT molecular complexity index is 321. The number of ether oxygens (including phenoxy) is 2. The van der Waals surface area contributed by atoms with Crippen LogP contribution in [0, 0.1) is 0 Å². The normalized spacial score (nSPS) is 20.0. The maximum absolute atomic E-state index is 5.32. The highest BCUT2D eigenvalue weighted by Gasteiger charge is 2.21. The molecule has 1 heterocycles.